The lowest BCUT2D eigenvalue weighted by Crippen LogP contribution is -2.31. The predicted octanol–water partition coefficient (Wildman–Crippen LogP) is 14.8. The summed E-state index contributed by atoms with van der Waals surface area (Å²) in [7, 11) is 0. The van der Waals surface area contributed by atoms with Gasteiger partial charge in [-0.3, -0.25) is 28.8 Å². The highest BCUT2D eigenvalue weighted by molar-refractivity contribution is 5.71. The summed E-state index contributed by atoms with van der Waals surface area (Å²) in [5, 5.41) is 32.0. The van der Waals surface area contributed by atoms with Gasteiger partial charge in [-0.25, -0.2) is 0 Å². The van der Waals surface area contributed by atoms with Gasteiger partial charge in [-0.2, -0.15) is 0 Å². The molecule has 81 heavy (non-hydrogen) atoms. The molecule has 0 aromatic rings. The zero-order valence-corrected chi connectivity index (χ0v) is 51.7. The molecule has 0 fully saturated rings. The molecule has 15 nitrogen and oxygen atoms in total. The van der Waals surface area contributed by atoms with Crippen LogP contribution in [0.25, 0.3) is 0 Å². The summed E-state index contributed by atoms with van der Waals surface area (Å²) in [6.45, 7) is 11.2. The van der Waals surface area contributed by atoms with Crippen molar-refractivity contribution in [3.8, 4) is 0 Å². The van der Waals surface area contributed by atoms with Gasteiger partial charge < -0.3 is 43.7 Å². The minimum Gasteiger partial charge on any atom is -0.462 e. The fourth-order valence-corrected chi connectivity index (χ4v) is 9.11. The van der Waals surface area contributed by atoms with Gasteiger partial charge >= 0.3 is 35.8 Å². The second-order valence-corrected chi connectivity index (χ2v) is 21.9. The van der Waals surface area contributed by atoms with Crippen LogP contribution in [0, 0.1) is 0 Å². The Balaban J connectivity index is 4.92. The molecule has 0 aromatic heterocycles. The maximum Gasteiger partial charge on any atom is 0.306 e. The van der Waals surface area contributed by atoms with Crippen molar-refractivity contribution >= 4 is 35.8 Å². The minimum absolute atomic E-state index is 0.194. The third kappa shape index (κ3) is 47.0. The average molecular weight is 1150 g/mol. The summed E-state index contributed by atoms with van der Waals surface area (Å²) in [4.78, 5) is 74.2. The summed E-state index contributed by atoms with van der Waals surface area (Å²) in [6.07, 6.45) is 37.2. The van der Waals surface area contributed by atoms with Crippen LogP contribution in [0.4, 0.5) is 0 Å². The largest absolute Gasteiger partial charge is 0.462 e. The first-order chi connectivity index (χ1) is 39.2. The summed E-state index contributed by atoms with van der Waals surface area (Å²) in [6, 6.07) is 0. The smallest absolute Gasteiger partial charge is 0.306 e. The normalized spacial score (nSPS) is 14.3. The van der Waals surface area contributed by atoms with E-state index in [9.17, 15) is 44.1 Å². The molecule has 0 aliphatic carbocycles. The standard InChI is InChI=1S/C66H116O15/c1-7-13-34-46-58(79-61(70)10-4)55(67)43-37-28-22-16-19-25-31-40-49-64(73)76-52-54(78-66(75)51-42-33-27-21-18-24-30-39-45-57(69)60(48-36-15-9-3)81-63(72)12-6)53-77-65(74)50-41-32-26-20-17-23-29-38-44-56(68)59(47-35-14-8-2)80-62(71)11-5/h28-30,37-39,54-60,67-69H,7-27,31-36,40-53H2,1-6H3. The molecule has 0 saturated carbocycles. The van der Waals surface area contributed by atoms with Crippen LogP contribution in [0.3, 0.4) is 0 Å². The first-order valence-electron chi connectivity index (χ1n) is 32.3. The van der Waals surface area contributed by atoms with Gasteiger partial charge in [-0.05, 0) is 116 Å². The molecule has 0 heterocycles. The van der Waals surface area contributed by atoms with E-state index in [0.29, 0.717) is 57.8 Å². The van der Waals surface area contributed by atoms with Crippen molar-refractivity contribution in [3.05, 3.63) is 36.5 Å². The summed E-state index contributed by atoms with van der Waals surface area (Å²) >= 11 is 0. The molecule has 470 valence electrons. The molecule has 0 saturated heterocycles. The van der Waals surface area contributed by atoms with Crippen molar-refractivity contribution in [2.24, 2.45) is 0 Å². The highest BCUT2D eigenvalue weighted by Gasteiger charge is 2.24. The van der Waals surface area contributed by atoms with E-state index >= 15 is 0 Å². The first-order valence-corrected chi connectivity index (χ1v) is 32.3. The fourth-order valence-electron chi connectivity index (χ4n) is 9.11. The maximum absolute atomic E-state index is 13.0. The molecule has 0 aliphatic heterocycles. The van der Waals surface area contributed by atoms with E-state index < -0.39 is 60.6 Å². The van der Waals surface area contributed by atoms with Gasteiger partial charge in [-0.1, -0.05) is 174 Å². The van der Waals surface area contributed by atoms with Crippen LogP contribution < -0.4 is 0 Å². The predicted molar refractivity (Wildman–Crippen MR) is 321 cm³/mol. The molecule has 0 amide bonds. The van der Waals surface area contributed by atoms with E-state index in [1.165, 1.54) is 0 Å². The molecule has 0 spiro atoms. The molecular formula is C66H116O15. The summed E-state index contributed by atoms with van der Waals surface area (Å²) < 4.78 is 33.3. The Hall–Kier alpha value is -4.08. The third-order valence-corrected chi connectivity index (χ3v) is 14.3. The number of esters is 6. The second kappa shape index (κ2) is 55.1. The molecule has 0 aromatic carbocycles. The lowest BCUT2D eigenvalue weighted by molar-refractivity contribution is -0.167. The van der Waals surface area contributed by atoms with Crippen LogP contribution in [-0.4, -0.2) is 107 Å². The van der Waals surface area contributed by atoms with Gasteiger partial charge in [0.1, 0.15) is 31.5 Å². The van der Waals surface area contributed by atoms with Gasteiger partial charge in [-0.15, -0.1) is 0 Å². The van der Waals surface area contributed by atoms with E-state index in [4.69, 9.17) is 28.4 Å². The molecule has 6 atom stereocenters. The van der Waals surface area contributed by atoms with Crippen molar-refractivity contribution in [3.63, 3.8) is 0 Å². The van der Waals surface area contributed by atoms with Gasteiger partial charge in [0.25, 0.3) is 0 Å². The third-order valence-electron chi connectivity index (χ3n) is 14.3. The van der Waals surface area contributed by atoms with Gasteiger partial charge in [0, 0.05) is 38.5 Å². The number of carbonyl (C=O) groups is 6. The Labute approximate surface area is 490 Å². The van der Waals surface area contributed by atoms with Crippen LogP contribution in [0.5, 0.6) is 0 Å². The second-order valence-electron chi connectivity index (χ2n) is 21.9. The number of ether oxygens (including phenoxy) is 6. The van der Waals surface area contributed by atoms with E-state index in [2.05, 4.69) is 39.0 Å². The lowest BCUT2D eigenvalue weighted by atomic mass is 10.0. The highest BCUT2D eigenvalue weighted by Crippen LogP contribution is 2.20. The number of unbranched alkanes of at least 4 members (excludes halogenated alkanes) is 21. The van der Waals surface area contributed by atoms with Crippen LogP contribution in [0.1, 0.15) is 292 Å². The fraction of sp³-hybridized carbons (Fsp3) is 0.818. The number of hydrogen-bond donors (Lipinski definition) is 3. The molecule has 15 heteroatoms. The number of aliphatic hydroxyl groups excluding tert-OH is 3. The van der Waals surface area contributed by atoms with Crippen LogP contribution >= 0.6 is 0 Å². The Morgan fingerprint density at radius 1 is 0.321 bits per heavy atom. The van der Waals surface area contributed by atoms with E-state index in [0.717, 1.165) is 154 Å². The van der Waals surface area contributed by atoms with Crippen molar-refractivity contribution in [1.29, 1.82) is 0 Å². The molecule has 0 bridgehead atoms. The van der Waals surface area contributed by atoms with E-state index in [-0.39, 0.29) is 69.6 Å². The monoisotopic (exact) mass is 1150 g/mol. The van der Waals surface area contributed by atoms with Gasteiger partial charge in [0.15, 0.2) is 6.10 Å². The highest BCUT2D eigenvalue weighted by atomic mass is 16.6. The number of rotatable bonds is 56. The summed E-state index contributed by atoms with van der Waals surface area (Å²) in [5.41, 5.74) is 0. The Morgan fingerprint density at radius 2 is 0.605 bits per heavy atom. The quantitative estimate of drug-likeness (QED) is 0.0223. The zero-order chi connectivity index (χ0) is 60.0. The number of allylic oxidation sites excluding steroid dienone is 3. The average Bonchev–Trinajstić information content (AvgIpc) is 3.46. The molecule has 0 rings (SSSR count). The Kier molecular flexibility index (Phi) is 52.4. The molecule has 0 radical (unpaired) electrons. The molecular weight excluding hydrogens is 1030 g/mol. The van der Waals surface area contributed by atoms with Crippen LogP contribution in [-0.2, 0) is 57.2 Å². The molecule has 0 aliphatic rings. The Bertz CT molecular complexity index is 1580. The summed E-state index contributed by atoms with van der Waals surface area (Å²) in [5.74, 6) is -2.10. The van der Waals surface area contributed by atoms with Crippen molar-refractivity contribution in [2.45, 2.75) is 335 Å². The van der Waals surface area contributed by atoms with E-state index in [1.807, 2.05) is 18.2 Å². The SMILES string of the molecule is CCCCCC(OC(=O)CC)C(O)CC=CCCCCCCCC(=O)OCC(COC(=O)CCCCCCCC=CCC(O)C(CCCCC)OC(=O)CC)OC(=O)CCCCCCCC=CCC(O)C(CCCCC)OC(=O)CC. The van der Waals surface area contributed by atoms with Gasteiger partial charge in [0.2, 0.25) is 0 Å². The maximum atomic E-state index is 13.0. The number of aliphatic hydroxyl groups is 3. The van der Waals surface area contributed by atoms with Crippen molar-refractivity contribution < 1.29 is 72.5 Å². The number of carbonyl (C=O) groups excluding carboxylic acids is 6. The lowest BCUT2D eigenvalue weighted by Gasteiger charge is -2.22. The van der Waals surface area contributed by atoms with Crippen molar-refractivity contribution in [2.75, 3.05) is 13.2 Å². The zero-order valence-electron chi connectivity index (χ0n) is 51.7. The van der Waals surface area contributed by atoms with Crippen LogP contribution in [0.15, 0.2) is 36.5 Å². The number of hydrogen-bond acceptors (Lipinski definition) is 15. The molecule has 6 unspecified atom stereocenters. The minimum atomic E-state index is -0.916. The van der Waals surface area contributed by atoms with Gasteiger partial charge in [0.05, 0.1) is 18.3 Å². The first kappa shape index (κ1) is 76.9. The van der Waals surface area contributed by atoms with Crippen LogP contribution in [0.2, 0.25) is 0 Å². The Morgan fingerprint density at radius 3 is 0.901 bits per heavy atom. The molecule has 3 N–H and O–H groups in total. The van der Waals surface area contributed by atoms with E-state index in [1.54, 1.807) is 20.8 Å². The topological polar surface area (TPSA) is 218 Å². The van der Waals surface area contributed by atoms with Crippen molar-refractivity contribution in [1.82, 2.24) is 0 Å².